The Hall–Kier alpha value is -9.79. The first-order chi connectivity index (χ1) is 50.5. The van der Waals surface area contributed by atoms with E-state index in [1.165, 1.54) is 0 Å². The molecular weight excluding hydrogens is 1380 g/mol. The molecule has 0 atom stereocenters. The van der Waals surface area contributed by atoms with Crippen molar-refractivity contribution in [2.75, 3.05) is 108 Å². The molecule has 0 spiro atoms. The van der Waals surface area contributed by atoms with E-state index in [4.69, 9.17) is 64.0 Å². The zero-order valence-electron chi connectivity index (χ0n) is 56.4. The number of anilines is 3. The number of para-hydroxylation sites is 6. The van der Waals surface area contributed by atoms with Crippen molar-refractivity contribution in [3.8, 4) is 80.3 Å². The van der Waals surface area contributed by atoms with Gasteiger partial charge in [0.15, 0.2) is 11.5 Å². The number of morpholine rings is 3. The quantitative estimate of drug-likeness (QED) is 0.0685. The second-order valence-corrected chi connectivity index (χ2v) is 27.6. The van der Waals surface area contributed by atoms with Crippen molar-refractivity contribution in [1.82, 2.24) is 15.0 Å². The van der Waals surface area contributed by atoms with Crippen molar-refractivity contribution in [2.45, 2.75) is 42.6 Å². The van der Waals surface area contributed by atoms with Crippen molar-refractivity contribution in [3.05, 3.63) is 239 Å². The number of halogens is 1. The first-order valence-electron chi connectivity index (χ1n) is 33.6. The maximum Gasteiger partial charge on any atom is 0.492 e. The van der Waals surface area contributed by atoms with E-state index in [9.17, 15) is 14.8 Å². The number of fused-ring (bicyclic) bond motifs is 6. The maximum atomic E-state index is 12.3. The van der Waals surface area contributed by atoms with Crippen LogP contribution in [-0.2, 0) is 27.4 Å². The molecule has 3 aromatic heterocycles. The SMILES string of the molecule is COc1ccc(COc2cc(N3CCOCC3)cc(-c3cccc4c3Oc3ccccc3S4)n2)cc1.COc1ccc(COc2cc(N3CCOCC3)cc(Cl)n2)cc1.O=c1cc(N2CCOCC2)cc(-c2cccc3c2Oc2ccccc2S3)[nH]1.OB(O)c1cccc2c1Oc1ccccc1S2. The Morgan fingerprint density at radius 2 is 0.864 bits per heavy atom. The van der Waals surface area contributed by atoms with Crippen LogP contribution in [0.25, 0.3) is 22.5 Å². The molecule has 8 aromatic carbocycles. The van der Waals surface area contributed by atoms with Gasteiger partial charge in [0.05, 0.1) is 94.6 Å². The number of hydrogen-bond donors (Lipinski definition) is 3. The highest BCUT2D eigenvalue weighted by atomic mass is 35.5. The Balaban J connectivity index is 0.000000120. The molecule has 103 heavy (non-hydrogen) atoms. The lowest BCUT2D eigenvalue weighted by atomic mass is 9.79. The van der Waals surface area contributed by atoms with Crippen LogP contribution in [0.4, 0.5) is 17.1 Å². The number of H-pyrrole nitrogens is 1. The van der Waals surface area contributed by atoms with Gasteiger partial charge in [0.2, 0.25) is 17.3 Å². The third-order valence-electron chi connectivity index (χ3n) is 17.2. The van der Waals surface area contributed by atoms with E-state index in [1.54, 1.807) is 67.7 Å². The van der Waals surface area contributed by atoms with Crippen LogP contribution in [0.15, 0.2) is 246 Å². The lowest BCUT2D eigenvalue weighted by Crippen LogP contribution is -2.36. The molecule has 3 N–H and O–H groups in total. The third kappa shape index (κ3) is 17.5. The molecule has 0 bridgehead atoms. The van der Waals surface area contributed by atoms with Gasteiger partial charge in [-0.25, -0.2) is 9.97 Å². The zero-order valence-corrected chi connectivity index (χ0v) is 59.6. The van der Waals surface area contributed by atoms with E-state index in [1.807, 2.05) is 158 Å². The topological polar surface area (TPSA) is 201 Å². The highest BCUT2D eigenvalue weighted by molar-refractivity contribution is 8.00. The van der Waals surface area contributed by atoms with Crippen molar-refractivity contribution in [3.63, 3.8) is 0 Å². The highest BCUT2D eigenvalue weighted by Crippen LogP contribution is 2.53. The summed E-state index contributed by atoms with van der Waals surface area (Å²) in [5.74, 6) is 7.35. The van der Waals surface area contributed by atoms with Gasteiger partial charge in [0.25, 0.3) is 0 Å². The maximum absolute atomic E-state index is 12.3. The van der Waals surface area contributed by atoms with Crippen LogP contribution in [0.1, 0.15) is 11.1 Å². The molecule has 24 heteroatoms. The normalized spacial score (nSPS) is 14.4. The molecule has 9 heterocycles. The van der Waals surface area contributed by atoms with Crippen LogP contribution in [0.2, 0.25) is 5.15 Å². The van der Waals surface area contributed by atoms with Crippen LogP contribution in [0.3, 0.4) is 0 Å². The lowest BCUT2D eigenvalue weighted by Gasteiger charge is -2.29. The van der Waals surface area contributed by atoms with Gasteiger partial charge in [0, 0.05) is 91.1 Å². The summed E-state index contributed by atoms with van der Waals surface area (Å²) < 4.78 is 57.1. The summed E-state index contributed by atoms with van der Waals surface area (Å²) >= 11 is 11.1. The largest absolute Gasteiger partial charge is 0.497 e. The minimum Gasteiger partial charge on any atom is -0.497 e. The first kappa shape index (κ1) is 70.3. The second kappa shape index (κ2) is 33.6. The summed E-state index contributed by atoms with van der Waals surface area (Å²) in [7, 11) is 1.79. The molecule has 524 valence electrons. The minimum atomic E-state index is -1.52. The standard InChI is InChI=1S/C29H26N2O4S.C21H18N2O3S.C17H19ClN2O3.C12H9BO3S/c1-32-22-11-9-20(10-12-22)19-34-28-18-21(31-13-15-33-16-14-31)17-24(30-28)23-5-4-8-27-29(23)35-25-6-2-3-7-26(25)36-27;24-20-13-14(23-8-10-25-11-9-23)12-16(22-20)15-4-3-7-19-21(15)26-17-5-1-2-6-18(17)27-19;1-21-15-4-2-13(3-5-15)12-23-17-11-14(10-16(18)19-17)20-6-8-22-9-7-20;14-13(15)8-4-3-7-11-12(8)16-9-5-1-2-6-10(9)17-11/h2-12,17-18H,13-16,19H2,1H3;1-7,12-13H,8-11H2,(H,22,24);2-5,10-11H,6-9,12H2,1H3;1-7,14-15H. The van der Waals surface area contributed by atoms with Gasteiger partial charge < -0.3 is 77.1 Å². The molecule has 0 saturated carbocycles. The van der Waals surface area contributed by atoms with Gasteiger partial charge in [0.1, 0.15) is 52.9 Å². The van der Waals surface area contributed by atoms with E-state index in [-0.39, 0.29) is 5.56 Å². The molecule has 3 saturated heterocycles. The van der Waals surface area contributed by atoms with Crippen molar-refractivity contribution in [2.24, 2.45) is 0 Å². The molecule has 6 aliphatic rings. The van der Waals surface area contributed by atoms with Crippen LogP contribution < -0.4 is 58.9 Å². The number of benzene rings is 8. The molecule has 3 fully saturated rings. The third-order valence-corrected chi connectivity index (χ3v) is 20.7. The molecule has 17 rings (SSSR count). The number of ether oxygens (including phenoxy) is 10. The number of hydrogen-bond acceptors (Lipinski definition) is 21. The van der Waals surface area contributed by atoms with Crippen LogP contribution in [-0.4, -0.2) is 125 Å². The summed E-state index contributed by atoms with van der Waals surface area (Å²) in [4.78, 5) is 37.4. The van der Waals surface area contributed by atoms with Crippen LogP contribution in [0.5, 0.6) is 57.8 Å². The van der Waals surface area contributed by atoms with E-state index >= 15 is 0 Å². The average Bonchev–Trinajstić information content (AvgIpc) is 0.777. The van der Waals surface area contributed by atoms with E-state index in [2.05, 4.69) is 61.1 Å². The van der Waals surface area contributed by atoms with E-state index in [0.29, 0.717) is 67.8 Å². The smallest absolute Gasteiger partial charge is 0.492 e. The molecule has 11 aromatic rings. The van der Waals surface area contributed by atoms with Gasteiger partial charge in [-0.3, -0.25) is 4.79 Å². The van der Waals surface area contributed by atoms with E-state index in [0.717, 1.165) is 173 Å². The number of nitrogens with zero attached hydrogens (tertiary/aromatic N) is 5. The molecule has 0 amide bonds. The average molecular weight is 1460 g/mol. The molecule has 0 radical (unpaired) electrons. The monoisotopic (exact) mass is 1450 g/mol. The molecule has 19 nitrogen and oxygen atoms in total. The summed E-state index contributed by atoms with van der Waals surface area (Å²) in [5.41, 5.74) is 8.78. The van der Waals surface area contributed by atoms with Gasteiger partial charge in [-0.15, -0.1) is 0 Å². The zero-order chi connectivity index (χ0) is 70.4. The summed E-state index contributed by atoms with van der Waals surface area (Å²) in [5, 5.41) is 19.0. The van der Waals surface area contributed by atoms with Crippen molar-refractivity contribution < 1.29 is 57.4 Å². The number of nitrogens with one attached hydrogen (secondary N) is 1. The number of methoxy groups -OCH3 is 2. The van der Waals surface area contributed by atoms with Crippen molar-refractivity contribution >= 4 is 76.5 Å². The fraction of sp³-hybridized carbons (Fsp3) is 0.203. The summed E-state index contributed by atoms with van der Waals surface area (Å²) in [6, 6.07) is 68.6. The van der Waals surface area contributed by atoms with Gasteiger partial charge >= 0.3 is 7.12 Å². The Labute approximate surface area is 614 Å². The fourth-order valence-electron chi connectivity index (χ4n) is 12.0. The Morgan fingerprint density at radius 3 is 1.35 bits per heavy atom. The minimum absolute atomic E-state index is 0.115. The first-order valence-corrected chi connectivity index (χ1v) is 36.4. The van der Waals surface area contributed by atoms with Gasteiger partial charge in [-0.05, 0) is 120 Å². The lowest BCUT2D eigenvalue weighted by molar-refractivity contribution is 0.122. The van der Waals surface area contributed by atoms with Crippen molar-refractivity contribution in [1.29, 1.82) is 0 Å². The fourth-order valence-corrected chi connectivity index (χ4v) is 15.1. The molecule has 0 aliphatic carbocycles. The van der Waals surface area contributed by atoms with Crippen LogP contribution >= 0.6 is 46.9 Å². The number of pyridine rings is 3. The summed E-state index contributed by atoms with van der Waals surface area (Å²) in [6.07, 6.45) is 0. The number of aromatic amines is 1. The number of rotatable bonds is 14. The van der Waals surface area contributed by atoms with Crippen LogP contribution in [0, 0.1) is 0 Å². The molecule has 6 aliphatic heterocycles. The Morgan fingerprint density at radius 1 is 0.456 bits per heavy atom. The van der Waals surface area contributed by atoms with Gasteiger partial charge in [-0.2, -0.15) is 0 Å². The molecule has 0 unspecified atom stereocenters. The molecular formula is C79H72BClN6O13S3. The van der Waals surface area contributed by atoms with Gasteiger partial charge in [-0.1, -0.05) is 132 Å². The Bertz CT molecular complexity index is 4810. The predicted octanol–water partition coefficient (Wildman–Crippen LogP) is 15.3. The predicted molar refractivity (Wildman–Crippen MR) is 403 cm³/mol. The number of aromatic nitrogens is 3. The second-order valence-electron chi connectivity index (χ2n) is 24.0. The highest BCUT2D eigenvalue weighted by Gasteiger charge is 2.28. The van der Waals surface area contributed by atoms with E-state index < -0.39 is 7.12 Å². The Kier molecular flexibility index (Phi) is 22.9. The summed E-state index contributed by atoms with van der Waals surface area (Å²) in [6.45, 7) is 9.98.